The number of fused-ring (bicyclic) bond motifs is 8. The number of pyridine rings is 1. The van der Waals surface area contributed by atoms with Crippen LogP contribution in [0.15, 0.2) is 89.0 Å². The SMILES string of the molecule is CC1(C)c2[c-]c(-c3ccc4oc5ccccc5c4n3)ccc2C2Oc3ccccc3C21.CCC(C)(CC)C(=O)/C=C(\O)C(C)(CC)CC.[Ir]. The first-order chi connectivity index (χ1) is 22.9. The first-order valence-electron chi connectivity index (χ1n) is 17.5. The minimum absolute atomic E-state index is 0. The number of benzene rings is 3. The first-order valence-corrected chi connectivity index (χ1v) is 17.5. The van der Waals surface area contributed by atoms with E-state index in [4.69, 9.17) is 14.1 Å². The van der Waals surface area contributed by atoms with Gasteiger partial charge in [-0.05, 0) is 61.1 Å². The molecule has 259 valence electrons. The Labute approximate surface area is 304 Å². The fourth-order valence-electron chi connectivity index (χ4n) is 7.23. The van der Waals surface area contributed by atoms with Crippen LogP contribution in [0.2, 0.25) is 0 Å². The van der Waals surface area contributed by atoms with Crippen LogP contribution in [0.25, 0.3) is 33.3 Å². The molecule has 0 saturated carbocycles. The summed E-state index contributed by atoms with van der Waals surface area (Å²) in [5.41, 5.74) is 7.59. The minimum atomic E-state index is -0.337. The number of aromatic nitrogens is 1. The Morgan fingerprint density at radius 1 is 0.857 bits per heavy atom. The van der Waals surface area contributed by atoms with E-state index < -0.39 is 0 Å². The van der Waals surface area contributed by atoms with E-state index in [0.717, 1.165) is 64.8 Å². The maximum atomic E-state index is 12.2. The zero-order chi connectivity index (χ0) is 34.4. The van der Waals surface area contributed by atoms with Gasteiger partial charge in [-0.3, -0.25) is 9.78 Å². The Kier molecular flexibility index (Phi) is 10.4. The quantitative estimate of drug-likeness (QED) is 0.0958. The standard InChI is InChI=1S/C28H20NO2.C15H28O2.Ir/c1-28(2)20-15-16(11-12-17(20)27-25(28)18-7-3-5-9-22(18)31-27)21-13-14-24-26(29-21)19-8-4-6-10-23(19)30-24;1-7-14(5,8-2)12(16)11-13(17)15(6,9-3)10-4;/h3-14,25,27H,1-2H3;11,16H,7-10H2,1-6H3;/q-1;;/b;12-11-;. The fourth-order valence-corrected chi connectivity index (χ4v) is 7.23. The van der Waals surface area contributed by atoms with Gasteiger partial charge in [0.2, 0.25) is 0 Å². The van der Waals surface area contributed by atoms with Crippen LogP contribution in [0.5, 0.6) is 5.75 Å². The van der Waals surface area contributed by atoms with Crippen molar-refractivity contribution in [3.63, 3.8) is 0 Å². The van der Waals surface area contributed by atoms with E-state index in [-0.39, 0.29) is 54.0 Å². The number of carbonyl (C=O) groups is 1. The molecule has 0 spiro atoms. The molecule has 49 heavy (non-hydrogen) atoms. The molecule has 5 nitrogen and oxygen atoms in total. The van der Waals surface area contributed by atoms with Crippen molar-refractivity contribution in [2.45, 2.75) is 98.5 Å². The molecule has 6 heteroatoms. The van der Waals surface area contributed by atoms with Gasteiger partial charge in [-0.1, -0.05) is 97.4 Å². The van der Waals surface area contributed by atoms with Gasteiger partial charge in [0.25, 0.3) is 0 Å². The summed E-state index contributed by atoms with van der Waals surface area (Å²) in [5.74, 6) is 1.60. The number of hydrogen-bond acceptors (Lipinski definition) is 5. The molecule has 0 saturated heterocycles. The molecule has 7 rings (SSSR count). The molecule has 2 unspecified atom stereocenters. The van der Waals surface area contributed by atoms with Crippen molar-refractivity contribution >= 4 is 27.9 Å². The molecule has 0 fully saturated rings. The monoisotopic (exact) mass is 835 g/mol. The van der Waals surface area contributed by atoms with Gasteiger partial charge in [-0.2, -0.15) is 0 Å². The largest absolute Gasteiger partial charge is 0.512 e. The summed E-state index contributed by atoms with van der Waals surface area (Å²) in [4.78, 5) is 17.1. The van der Waals surface area contributed by atoms with Gasteiger partial charge in [0.1, 0.15) is 22.6 Å². The number of ether oxygens (including phenoxy) is 1. The number of allylic oxidation sites excluding steroid dienone is 2. The number of aliphatic hydroxyl groups is 1. The van der Waals surface area contributed by atoms with Crippen LogP contribution in [0.3, 0.4) is 0 Å². The molecule has 2 aliphatic rings. The van der Waals surface area contributed by atoms with Crippen LogP contribution in [0.4, 0.5) is 0 Å². The third-order valence-electron chi connectivity index (χ3n) is 11.6. The Bertz CT molecular complexity index is 2010. The predicted molar refractivity (Wildman–Crippen MR) is 194 cm³/mol. The van der Waals surface area contributed by atoms with Gasteiger partial charge in [-0.15, -0.1) is 29.3 Å². The van der Waals surface area contributed by atoms with Crippen LogP contribution >= 0.6 is 0 Å². The fraction of sp³-hybridized carbons (Fsp3) is 0.395. The maximum Gasteiger partial charge on any atom is 0.164 e. The van der Waals surface area contributed by atoms with E-state index >= 15 is 0 Å². The first kappa shape index (κ1) is 36.5. The van der Waals surface area contributed by atoms with Crippen LogP contribution in [-0.2, 0) is 30.3 Å². The van der Waals surface area contributed by atoms with Crippen LogP contribution in [0.1, 0.15) is 110 Å². The smallest absolute Gasteiger partial charge is 0.164 e. The summed E-state index contributed by atoms with van der Waals surface area (Å²) in [7, 11) is 0. The molecule has 1 aliphatic carbocycles. The van der Waals surface area contributed by atoms with Gasteiger partial charge < -0.3 is 14.3 Å². The summed E-state index contributed by atoms with van der Waals surface area (Å²) in [6.07, 6.45) is 4.81. The number of aliphatic hydroxyl groups excluding tert-OH is 1. The zero-order valence-electron chi connectivity index (χ0n) is 29.9. The van der Waals surface area contributed by atoms with Crippen molar-refractivity contribution in [1.29, 1.82) is 0 Å². The summed E-state index contributed by atoms with van der Waals surface area (Å²) in [6.45, 7) is 16.7. The third kappa shape index (κ3) is 6.28. The van der Waals surface area contributed by atoms with Crippen molar-refractivity contribution in [2.24, 2.45) is 10.8 Å². The second kappa shape index (κ2) is 13.9. The van der Waals surface area contributed by atoms with Gasteiger partial charge in [-0.25, -0.2) is 0 Å². The molecule has 1 aliphatic heterocycles. The Morgan fingerprint density at radius 2 is 1.51 bits per heavy atom. The molecule has 0 bridgehead atoms. The number of rotatable bonds is 8. The molecule has 5 aromatic rings. The predicted octanol–water partition coefficient (Wildman–Crippen LogP) is 11.6. The Hall–Kier alpha value is -3.73. The van der Waals surface area contributed by atoms with Gasteiger partial charge in [0, 0.05) is 53.9 Å². The van der Waals surface area contributed by atoms with Crippen molar-refractivity contribution in [3.05, 3.63) is 107 Å². The number of nitrogens with zero attached hydrogens (tertiary/aromatic N) is 1. The Morgan fingerprint density at radius 3 is 2.20 bits per heavy atom. The van der Waals surface area contributed by atoms with Crippen molar-refractivity contribution in [1.82, 2.24) is 4.98 Å². The molecule has 2 atom stereocenters. The van der Waals surface area contributed by atoms with Gasteiger partial charge in [0.15, 0.2) is 11.4 Å². The second-order valence-corrected chi connectivity index (χ2v) is 14.5. The molecular weight excluding hydrogens is 787 g/mol. The molecule has 1 N–H and O–H groups in total. The van der Waals surface area contributed by atoms with E-state index in [1.54, 1.807) is 0 Å². The van der Waals surface area contributed by atoms with Crippen molar-refractivity contribution in [2.75, 3.05) is 0 Å². The van der Waals surface area contributed by atoms with E-state index in [1.807, 2.05) is 77.9 Å². The summed E-state index contributed by atoms with van der Waals surface area (Å²) < 4.78 is 12.3. The van der Waals surface area contributed by atoms with Gasteiger partial charge in [0.05, 0.1) is 6.10 Å². The molecule has 0 amide bonds. The summed E-state index contributed by atoms with van der Waals surface area (Å²) >= 11 is 0. The molecule has 3 heterocycles. The van der Waals surface area contributed by atoms with E-state index in [2.05, 4.69) is 56.3 Å². The number of carbonyl (C=O) groups excluding carboxylic acids is 1. The third-order valence-corrected chi connectivity index (χ3v) is 11.6. The maximum absolute atomic E-state index is 12.2. The van der Waals surface area contributed by atoms with Gasteiger partial charge >= 0.3 is 0 Å². The van der Waals surface area contributed by atoms with E-state index in [0.29, 0.717) is 5.92 Å². The number of para-hydroxylation sites is 2. The number of furan rings is 1. The zero-order valence-corrected chi connectivity index (χ0v) is 32.3. The summed E-state index contributed by atoms with van der Waals surface area (Å²) in [6, 6.07) is 28.6. The van der Waals surface area contributed by atoms with Crippen LogP contribution < -0.4 is 4.74 Å². The molecule has 3 aromatic carbocycles. The topological polar surface area (TPSA) is 72.6 Å². The Balaban J connectivity index is 0.000000226. The molecule has 1 radical (unpaired) electrons. The molecular formula is C43H48IrNO4-. The van der Waals surface area contributed by atoms with Crippen LogP contribution in [0, 0.1) is 16.9 Å². The van der Waals surface area contributed by atoms with Crippen LogP contribution in [-0.4, -0.2) is 15.9 Å². The normalized spacial score (nSPS) is 17.8. The van der Waals surface area contributed by atoms with Crippen molar-refractivity contribution in [3.8, 4) is 17.0 Å². The summed E-state index contributed by atoms with van der Waals surface area (Å²) in [5, 5.41) is 11.2. The average molecular weight is 835 g/mol. The van der Waals surface area contributed by atoms with E-state index in [9.17, 15) is 9.90 Å². The number of ketones is 1. The number of hydrogen-bond donors (Lipinski definition) is 1. The molecule has 2 aromatic heterocycles. The second-order valence-electron chi connectivity index (χ2n) is 14.5. The average Bonchev–Trinajstić information content (AvgIpc) is 3.75. The minimum Gasteiger partial charge on any atom is -0.512 e. The van der Waals surface area contributed by atoms with Crippen molar-refractivity contribution < 1.29 is 39.2 Å². The van der Waals surface area contributed by atoms with E-state index in [1.165, 1.54) is 22.8 Å².